The highest BCUT2D eigenvalue weighted by Crippen LogP contribution is 2.22. The van der Waals surface area contributed by atoms with Crippen LogP contribution in [0.25, 0.3) is 0 Å². The van der Waals surface area contributed by atoms with Crippen molar-refractivity contribution in [3.63, 3.8) is 0 Å². The van der Waals surface area contributed by atoms with Crippen LogP contribution in [0.3, 0.4) is 0 Å². The molecule has 0 saturated carbocycles. The highest BCUT2D eigenvalue weighted by Gasteiger charge is 1.99. The third-order valence-corrected chi connectivity index (χ3v) is 4.09. The molecule has 3 heteroatoms. The van der Waals surface area contributed by atoms with E-state index in [4.69, 9.17) is 0 Å². The Kier molecular flexibility index (Phi) is 5.43. The molecule has 1 N–H and O–H groups in total. The van der Waals surface area contributed by atoms with Crippen LogP contribution >= 0.6 is 11.8 Å². The van der Waals surface area contributed by atoms with Gasteiger partial charge >= 0.3 is 0 Å². The number of benzene rings is 1. The molecule has 0 bridgehead atoms. The Bertz CT molecular complexity index is 511. The van der Waals surface area contributed by atoms with Gasteiger partial charge in [-0.25, -0.2) is 0 Å². The predicted octanol–water partition coefficient (Wildman–Crippen LogP) is 3.58. The molecule has 0 aliphatic carbocycles. The number of hydrogen-bond acceptors (Lipinski definition) is 3. The molecule has 0 fully saturated rings. The average Bonchev–Trinajstić information content (AvgIpc) is 2.43. The number of nitrogens with zero attached hydrogens (tertiary/aromatic N) is 1. The summed E-state index contributed by atoms with van der Waals surface area (Å²) in [5, 5.41) is 3.45. The summed E-state index contributed by atoms with van der Waals surface area (Å²) in [7, 11) is 0. The van der Waals surface area contributed by atoms with Crippen molar-refractivity contribution in [2.24, 2.45) is 0 Å². The number of thioether (sulfide) groups is 1. The van der Waals surface area contributed by atoms with Crippen molar-refractivity contribution in [2.75, 3.05) is 12.3 Å². The Morgan fingerprint density at radius 2 is 2.11 bits per heavy atom. The smallest absolute Gasteiger partial charge is 0.0312 e. The van der Waals surface area contributed by atoms with Gasteiger partial charge in [0.05, 0.1) is 0 Å². The number of aryl methyl sites for hydroxylation is 2. The number of hydrogen-bond donors (Lipinski definition) is 1. The lowest BCUT2D eigenvalue weighted by atomic mass is 10.2. The predicted molar refractivity (Wildman–Crippen MR) is 82.6 cm³/mol. The third-order valence-electron chi connectivity index (χ3n) is 2.93. The van der Waals surface area contributed by atoms with Crippen LogP contribution in [-0.2, 0) is 6.54 Å². The zero-order valence-corrected chi connectivity index (χ0v) is 12.3. The van der Waals surface area contributed by atoms with E-state index in [1.165, 1.54) is 21.6 Å². The zero-order chi connectivity index (χ0) is 13.5. The number of aromatic nitrogens is 1. The van der Waals surface area contributed by atoms with Gasteiger partial charge in [-0.2, -0.15) is 0 Å². The van der Waals surface area contributed by atoms with Gasteiger partial charge in [-0.15, -0.1) is 11.8 Å². The fourth-order valence-electron chi connectivity index (χ4n) is 1.83. The van der Waals surface area contributed by atoms with E-state index in [1.807, 2.05) is 24.0 Å². The van der Waals surface area contributed by atoms with Crippen molar-refractivity contribution in [1.82, 2.24) is 10.3 Å². The molecule has 0 radical (unpaired) electrons. The molecular formula is C16H20N2S. The summed E-state index contributed by atoms with van der Waals surface area (Å²) in [6.45, 7) is 6.21. The summed E-state index contributed by atoms with van der Waals surface area (Å²) in [6, 6.07) is 10.7. The van der Waals surface area contributed by atoms with Crippen molar-refractivity contribution >= 4 is 11.8 Å². The van der Waals surface area contributed by atoms with Crippen molar-refractivity contribution in [3.05, 3.63) is 59.4 Å². The summed E-state index contributed by atoms with van der Waals surface area (Å²) in [5.74, 6) is 1.09. The third kappa shape index (κ3) is 4.69. The highest BCUT2D eigenvalue weighted by molar-refractivity contribution is 7.99. The van der Waals surface area contributed by atoms with Crippen molar-refractivity contribution in [2.45, 2.75) is 25.3 Å². The van der Waals surface area contributed by atoms with Gasteiger partial charge in [0, 0.05) is 36.1 Å². The van der Waals surface area contributed by atoms with Crippen LogP contribution in [-0.4, -0.2) is 17.3 Å². The van der Waals surface area contributed by atoms with Crippen LogP contribution < -0.4 is 5.32 Å². The first kappa shape index (κ1) is 14.1. The van der Waals surface area contributed by atoms with Crippen LogP contribution in [0.4, 0.5) is 0 Å². The Morgan fingerprint density at radius 3 is 2.89 bits per heavy atom. The van der Waals surface area contributed by atoms with Gasteiger partial charge in [0.2, 0.25) is 0 Å². The van der Waals surface area contributed by atoms with Gasteiger partial charge in [0.1, 0.15) is 0 Å². The van der Waals surface area contributed by atoms with Crippen LogP contribution in [0.15, 0.2) is 47.6 Å². The maximum Gasteiger partial charge on any atom is 0.0312 e. The summed E-state index contributed by atoms with van der Waals surface area (Å²) < 4.78 is 0. The minimum absolute atomic E-state index is 0.890. The average molecular weight is 272 g/mol. The van der Waals surface area contributed by atoms with Crippen molar-refractivity contribution < 1.29 is 0 Å². The van der Waals surface area contributed by atoms with Gasteiger partial charge in [-0.05, 0) is 37.1 Å². The molecule has 1 aromatic heterocycles. The van der Waals surface area contributed by atoms with Crippen LogP contribution in [0.5, 0.6) is 0 Å². The second-order valence-corrected chi connectivity index (χ2v) is 5.79. The minimum atomic E-state index is 0.890. The summed E-state index contributed by atoms with van der Waals surface area (Å²) >= 11 is 1.92. The van der Waals surface area contributed by atoms with Crippen molar-refractivity contribution in [1.29, 1.82) is 0 Å². The fraction of sp³-hybridized carbons (Fsp3) is 0.312. The largest absolute Gasteiger partial charge is 0.312 e. The van der Waals surface area contributed by atoms with E-state index in [0.717, 1.165) is 18.8 Å². The van der Waals surface area contributed by atoms with Gasteiger partial charge in [0.15, 0.2) is 0 Å². The quantitative estimate of drug-likeness (QED) is 0.642. The second kappa shape index (κ2) is 7.31. The lowest BCUT2D eigenvalue weighted by Crippen LogP contribution is -2.16. The molecule has 0 aliphatic heterocycles. The second-order valence-electron chi connectivity index (χ2n) is 4.66. The maximum atomic E-state index is 4.11. The molecule has 2 nitrogen and oxygen atoms in total. The molecule has 19 heavy (non-hydrogen) atoms. The van der Waals surface area contributed by atoms with Crippen LogP contribution in [0.2, 0.25) is 0 Å². The first-order chi connectivity index (χ1) is 9.25. The topological polar surface area (TPSA) is 24.9 Å². The number of pyridine rings is 1. The maximum absolute atomic E-state index is 4.11. The molecule has 0 aliphatic rings. The van der Waals surface area contributed by atoms with Gasteiger partial charge < -0.3 is 5.32 Å². The molecule has 0 spiro atoms. The molecule has 1 heterocycles. The first-order valence-electron chi connectivity index (χ1n) is 6.55. The molecule has 2 aromatic rings. The summed E-state index contributed by atoms with van der Waals surface area (Å²) in [5.41, 5.74) is 3.93. The molecule has 0 saturated heterocycles. The van der Waals surface area contributed by atoms with E-state index in [-0.39, 0.29) is 0 Å². The Hall–Kier alpha value is -1.32. The van der Waals surface area contributed by atoms with E-state index in [9.17, 15) is 0 Å². The molecule has 2 rings (SSSR count). The molecule has 100 valence electrons. The molecular weight excluding hydrogens is 252 g/mol. The van der Waals surface area contributed by atoms with E-state index in [2.05, 4.69) is 48.4 Å². The highest BCUT2D eigenvalue weighted by atomic mass is 32.2. The fourth-order valence-corrected chi connectivity index (χ4v) is 2.86. The first-order valence-corrected chi connectivity index (χ1v) is 7.54. The van der Waals surface area contributed by atoms with Gasteiger partial charge in [0.25, 0.3) is 0 Å². The molecule has 0 atom stereocenters. The lowest BCUT2D eigenvalue weighted by molar-refractivity contribution is 0.729. The number of rotatable bonds is 6. The van der Waals surface area contributed by atoms with E-state index in [1.54, 1.807) is 6.20 Å². The SMILES string of the molecule is Cc1ccc(C)c(SCCNCc2cccnc2)c1. The van der Waals surface area contributed by atoms with Gasteiger partial charge in [-0.1, -0.05) is 23.8 Å². The summed E-state index contributed by atoms with van der Waals surface area (Å²) in [4.78, 5) is 5.50. The lowest BCUT2D eigenvalue weighted by Gasteiger charge is -2.07. The van der Waals surface area contributed by atoms with Crippen LogP contribution in [0, 0.1) is 13.8 Å². The van der Waals surface area contributed by atoms with Crippen molar-refractivity contribution in [3.8, 4) is 0 Å². The minimum Gasteiger partial charge on any atom is -0.312 e. The summed E-state index contributed by atoms with van der Waals surface area (Å²) in [6.07, 6.45) is 3.71. The molecule has 1 aromatic carbocycles. The molecule has 0 unspecified atom stereocenters. The zero-order valence-electron chi connectivity index (χ0n) is 11.5. The number of nitrogens with one attached hydrogen (secondary N) is 1. The normalized spacial score (nSPS) is 10.6. The standard InChI is InChI=1S/C16H20N2S/c1-13-5-6-14(2)16(10-13)19-9-8-18-12-15-4-3-7-17-11-15/h3-7,10-11,18H,8-9,12H2,1-2H3. The Morgan fingerprint density at radius 1 is 1.21 bits per heavy atom. The molecule has 0 amide bonds. The Balaban J connectivity index is 1.71. The van der Waals surface area contributed by atoms with E-state index < -0.39 is 0 Å². The Labute approximate surface area is 119 Å². The van der Waals surface area contributed by atoms with Crippen LogP contribution in [0.1, 0.15) is 16.7 Å². The monoisotopic (exact) mass is 272 g/mol. The van der Waals surface area contributed by atoms with Gasteiger partial charge in [-0.3, -0.25) is 4.98 Å². The van der Waals surface area contributed by atoms with E-state index >= 15 is 0 Å². The van der Waals surface area contributed by atoms with E-state index in [0.29, 0.717) is 0 Å².